The van der Waals surface area contributed by atoms with Crippen LogP contribution in [-0.4, -0.2) is 28.4 Å². The van der Waals surface area contributed by atoms with Crippen LogP contribution in [0.15, 0.2) is 24.3 Å². The fourth-order valence-electron chi connectivity index (χ4n) is 2.81. The van der Waals surface area contributed by atoms with E-state index in [1.165, 1.54) is 12.1 Å². The molecule has 0 radical (unpaired) electrons. The van der Waals surface area contributed by atoms with Gasteiger partial charge in [-0.3, -0.25) is 14.4 Å². The van der Waals surface area contributed by atoms with Gasteiger partial charge in [0.15, 0.2) is 0 Å². The van der Waals surface area contributed by atoms with Crippen LogP contribution < -0.4 is 11.1 Å². The lowest BCUT2D eigenvalue weighted by molar-refractivity contribution is -0.138. The second-order valence-corrected chi connectivity index (χ2v) is 5.46. The van der Waals surface area contributed by atoms with Crippen LogP contribution in [0.3, 0.4) is 0 Å². The molecule has 0 saturated heterocycles. The van der Waals surface area contributed by atoms with Gasteiger partial charge >= 0.3 is 5.97 Å². The summed E-state index contributed by atoms with van der Waals surface area (Å²) in [6.45, 7) is 0. The van der Waals surface area contributed by atoms with Crippen molar-refractivity contribution in [2.75, 3.05) is 0 Å². The first kappa shape index (κ1) is 15.0. The first-order valence-corrected chi connectivity index (χ1v) is 6.86. The van der Waals surface area contributed by atoms with E-state index in [0.29, 0.717) is 18.4 Å². The van der Waals surface area contributed by atoms with E-state index in [1.54, 1.807) is 12.1 Å². The summed E-state index contributed by atoms with van der Waals surface area (Å²) in [5.41, 5.74) is 5.06. The topological polar surface area (TPSA) is 109 Å². The number of carboxylic acid groups (broad SMARTS) is 1. The van der Waals surface area contributed by atoms with Crippen molar-refractivity contribution in [3.8, 4) is 0 Å². The predicted octanol–water partition coefficient (Wildman–Crippen LogP) is 1.30. The number of benzene rings is 1. The van der Waals surface area contributed by atoms with Crippen LogP contribution in [0, 0.1) is 0 Å². The van der Waals surface area contributed by atoms with Crippen LogP contribution in [0.5, 0.6) is 0 Å². The van der Waals surface area contributed by atoms with Gasteiger partial charge in [0, 0.05) is 11.1 Å². The van der Waals surface area contributed by atoms with Gasteiger partial charge in [-0.1, -0.05) is 18.9 Å². The normalized spacial score (nSPS) is 16.4. The lowest BCUT2D eigenvalue weighted by Crippen LogP contribution is -2.47. The van der Waals surface area contributed by atoms with Gasteiger partial charge < -0.3 is 16.2 Å². The van der Waals surface area contributed by atoms with Crippen LogP contribution >= 0.6 is 0 Å². The molecule has 1 saturated carbocycles. The molecule has 6 nitrogen and oxygen atoms in total. The van der Waals surface area contributed by atoms with Gasteiger partial charge in [-0.25, -0.2) is 0 Å². The Morgan fingerprint density at radius 2 is 1.81 bits per heavy atom. The molecule has 1 aliphatic rings. The molecular formula is C15H18N2O4. The highest BCUT2D eigenvalue weighted by Gasteiger charge is 2.37. The first-order valence-electron chi connectivity index (χ1n) is 6.86. The summed E-state index contributed by atoms with van der Waals surface area (Å²) < 4.78 is 0. The third kappa shape index (κ3) is 3.59. The maximum Gasteiger partial charge on any atom is 0.305 e. The zero-order chi connectivity index (χ0) is 15.5. The minimum atomic E-state index is -0.928. The van der Waals surface area contributed by atoms with Gasteiger partial charge in [0.2, 0.25) is 5.91 Å². The molecule has 1 aliphatic carbocycles. The Balaban J connectivity index is 2.17. The molecule has 2 rings (SSSR count). The minimum Gasteiger partial charge on any atom is -0.481 e. The molecule has 0 spiro atoms. The van der Waals surface area contributed by atoms with E-state index >= 15 is 0 Å². The summed E-state index contributed by atoms with van der Waals surface area (Å²) in [6.07, 6.45) is 3.01. The van der Waals surface area contributed by atoms with Gasteiger partial charge in [-0.15, -0.1) is 0 Å². The Bertz CT molecular complexity index is 577. The van der Waals surface area contributed by atoms with E-state index in [2.05, 4.69) is 5.32 Å². The molecule has 0 aliphatic heterocycles. The van der Waals surface area contributed by atoms with Crippen molar-refractivity contribution in [3.05, 3.63) is 35.4 Å². The summed E-state index contributed by atoms with van der Waals surface area (Å²) >= 11 is 0. The molecule has 0 heterocycles. The van der Waals surface area contributed by atoms with Crippen molar-refractivity contribution in [1.82, 2.24) is 5.32 Å². The second kappa shape index (κ2) is 5.95. The molecular weight excluding hydrogens is 272 g/mol. The second-order valence-electron chi connectivity index (χ2n) is 5.46. The van der Waals surface area contributed by atoms with Crippen molar-refractivity contribution < 1.29 is 19.5 Å². The number of carbonyl (C=O) groups is 3. The molecule has 6 heteroatoms. The molecule has 0 bridgehead atoms. The van der Waals surface area contributed by atoms with Crippen molar-refractivity contribution in [1.29, 1.82) is 0 Å². The lowest BCUT2D eigenvalue weighted by Gasteiger charge is -2.28. The molecule has 112 valence electrons. The van der Waals surface area contributed by atoms with Crippen molar-refractivity contribution in [2.24, 2.45) is 5.73 Å². The zero-order valence-corrected chi connectivity index (χ0v) is 11.6. The first-order chi connectivity index (χ1) is 9.92. The number of nitrogens with one attached hydrogen (secondary N) is 1. The molecule has 1 aromatic rings. The van der Waals surface area contributed by atoms with Crippen LogP contribution in [0.2, 0.25) is 0 Å². The highest BCUT2D eigenvalue weighted by atomic mass is 16.4. The number of nitrogens with two attached hydrogens (primary N) is 1. The average molecular weight is 290 g/mol. The number of hydrogen-bond donors (Lipinski definition) is 3. The summed E-state index contributed by atoms with van der Waals surface area (Å²) in [5, 5.41) is 11.9. The summed E-state index contributed by atoms with van der Waals surface area (Å²) in [4.78, 5) is 34.5. The van der Waals surface area contributed by atoms with Gasteiger partial charge in [0.1, 0.15) is 0 Å². The van der Waals surface area contributed by atoms with Gasteiger partial charge in [-0.05, 0) is 31.0 Å². The lowest BCUT2D eigenvalue weighted by atomic mass is 9.92. The van der Waals surface area contributed by atoms with Crippen LogP contribution in [0.4, 0.5) is 0 Å². The van der Waals surface area contributed by atoms with Crippen molar-refractivity contribution >= 4 is 17.8 Å². The monoisotopic (exact) mass is 290 g/mol. The Labute approximate surface area is 122 Å². The fourth-order valence-corrected chi connectivity index (χ4v) is 2.81. The van der Waals surface area contributed by atoms with Gasteiger partial charge in [0.05, 0.1) is 12.0 Å². The van der Waals surface area contributed by atoms with E-state index < -0.39 is 17.4 Å². The quantitative estimate of drug-likeness (QED) is 0.759. The van der Waals surface area contributed by atoms with Crippen molar-refractivity contribution in [2.45, 2.75) is 37.6 Å². The molecule has 0 unspecified atom stereocenters. The Hall–Kier alpha value is -2.37. The fraction of sp³-hybridized carbons (Fsp3) is 0.400. The number of primary amides is 1. The minimum absolute atomic E-state index is 0.0890. The molecule has 1 fully saturated rings. The molecule has 1 aromatic carbocycles. The smallest absolute Gasteiger partial charge is 0.305 e. The molecule has 4 N–H and O–H groups in total. The molecule has 0 aromatic heterocycles. The molecule has 21 heavy (non-hydrogen) atoms. The summed E-state index contributed by atoms with van der Waals surface area (Å²) in [5.74, 6) is -1.91. The van der Waals surface area contributed by atoms with E-state index in [9.17, 15) is 14.4 Å². The molecule has 0 atom stereocenters. The average Bonchev–Trinajstić information content (AvgIpc) is 2.86. The number of carbonyl (C=O) groups excluding carboxylic acids is 2. The van der Waals surface area contributed by atoms with E-state index in [-0.39, 0.29) is 17.9 Å². The number of rotatable bonds is 5. The van der Waals surface area contributed by atoms with E-state index in [0.717, 1.165) is 12.8 Å². The number of hydrogen-bond acceptors (Lipinski definition) is 3. The molecule has 2 amide bonds. The Morgan fingerprint density at radius 1 is 1.19 bits per heavy atom. The van der Waals surface area contributed by atoms with Crippen molar-refractivity contribution in [3.63, 3.8) is 0 Å². The highest BCUT2D eigenvalue weighted by molar-refractivity contribution is 5.99. The number of aliphatic carboxylic acids is 1. The maximum absolute atomic E-state index is 12.3. The largest absolute Gasteiger partial charge is 0.481 e. The maximum atomic E-state index is 12.3. The van der Waals surface area contributed by atoms with Crippen LogP contribution in [-0.2, 0) is 4.79 Å². The van der Waals surface area contributed by atoms with Gasteiger partial charge in [0.25, 0.3) is 5.91 Å². The highest BCUT2D eigenvalue weighted by Crippen LogP contribution is 2.33. The summed E-state index contributed by atoms with van der Waals surface area (Å²) in [6, 6.07) is 6.10. The zero-order valence-electron chi connectivity index (χ0n) is 11.6. The van der Waals surface area contributed by atoms with Gasteiger partial charge in [-0.2, -0.15) is 0 Å². The van der Waals surface area contributed by atoms with E-state index in [1.807, 2.05) is 0 Å². The van der Waals surface area contributed by atoms with Crippen LogP contribution in [0.25, 0.3) is 0 Å². The standard InChI is InChI=1S/C15H18N2O4/c16-13(20)10-4-3-5-11(8-10)14(21)17-15(9-12(18)19)6-1-2-7-15/h3-5,8H,1-2,6-7,9H2,(H2,16,20)(H,17,21)(H,18,19). The SMILES string of the molecule is NC(=O)c1cccc(C(=O)NC2(CC(=O)O)CCCC2)c1. The predicted molar refractivity (Wildman–Crippen MR) is 75.9 cm³/mol. The Kier molecular flexibility index (Phi) is 4.26. The third-order valence-corrected chi connectivity index (χ3v) is 3.84. The Morgan fingerprint density at radius 3 is 2.38 bits per heavy atom. The number of carboxylic acids is 1. The third-order valence-electron chi connectivity index (χ3n) is 3.84. The number of amides is 2. The van der Waals surface area contributed by atoms with Crippen LogP contribution in [0.1, 0.15) is 52.8 Å². The van der Waals surface area contributed by atoms with E-state index in [4.69, 9.17) is 10.8 Å². The summed E-state index contributed by atoms with van der Waals surface area (Å²) in [7, 11) is 0.